The molecule has 0 saturated heterocycles. The molecule has 2 aromatic rings. The number of aromatic carboxylic acids is 1. The number of hydrogen-bond donors (Lipinski definition) is 2. The summed E-state index contributed by atoms with van der Waals surface area (Å²) in [5, 5.41) is 11.6. The monoisotopic (exact) mass is 277 g/mol. The molecule has 2 N–H and O–H groups in total. The van der Waals surface area contributed by atoms with Crippen LogP contribution in [0.25, 0.3) is 0 Å². The molecule has 0 radical (unpaired) electrons. The molecule has 2 rings (SSSR count). The Bertz CT molecular complexity index is 672. The number of furan rings is 1. The topological polar surface area (TPSA) is 97.4 Å². The Balaban J connectivity index is 2.13. The van der Waals surface area contributed by atoms with Crippen molar-refractivity contribution in [2.24, 2.45) is 0 Å². The van der Waals surface area contributed by atoms with Crippen molar-refractivity contribution in [2.75, 3.05) is 5.32 Å². The van der Waals surface area contributed by atoms with Crippen LogP contribution in [0.3, 0.4) is 0 Å². The third kappa shape index (κ3) is 2.87. The summed E-state index contributed by atoms with van der Waals surface area (Å²) >= 11 is 0. The van der Waals surface area contributed by atoms with Gasteiger partial charge in [0.15, 0.2) is 5.82 Å². The molecule has 0 fully saturated rings. The lowest BCUT2D eigenvalue weighted by molar-refractivity contribution is 0.0660. The number of anilines is 1. The molecule has 0 saturated carbocycles. The van der Waals surface area contributed by atoms with E-state index in [1.807, 2.05) is 13.8 Å². The second-order valence-corrected chi connectivity index (χ2v) is 4.51. The first-order valence-electron chi connectivity index (χ1n) is 6.12. The maximum absolute atomic E-state index is 12.1. The quantitative estimate of drug-likeness (QED) is 0.863. The summed E-state index contributed by atoms with van der Waals surface area (Å²) in [5.74, 6) is -0.642. The van der Waals surface area contributed by atoms with Crippen molar-refractivity contribution in [3.8, 4) is 0 Å². The Hall–Kier alpha value is -2.57. The van der Waals surface area contributed by atoms with Crippen LogP contribution in [-0.2, 0) is 6.54 Å². The molecule has 0 spiro atoms. The van der Waals surface area contributed by atoms with Crippen LogP contribution < -0.4 is 10.9 Å². The van der Waals surface area contributed by atoms with Gasteiger partial charge in [0.25, 0.3) is 5.56 Å². The summed E-state index contributed by atoms with van der Waals surface area (Å²) in [6.45, 7) is 3.99. The average Bonchev–Trinajstić information content (AvgIpc) is 2.86. The van der Waals surface area contributed by atoms with Gasteiger partial charge in [0.2, 0.25) is 5.76 Å². The van der Waals surface area contributed by atoms with Crippen LogP contribution in [0.4, 0.5) is 5.82 Å². The first-order valence-corrected chi connectivity index (χ1v) is 6.12. The number of carbonyl (C=O) groups is 1. The molecule has 0 aliphatic heterocycles. The molecule has 0 aliphatic carbocycles. The van der Waals surface area contributed by atoms with Gasteiger partial charge in [-0.05, 0) is 26.0 Å². The first-order chi connectivity index (χ1) is 9.49. The molecule has 7 heteroatoms. The van der Waals surface area contributed by atoms with E-state index in [1.165, 1.54) is 12.3 Å². The minimum atomic E-state index is -1.13. The highest BCUT2D eigenvalue weighted by atomic mass is 16.4. The van der Waals surface area contributed by atoms with Gasteiger partial charge < -0.3 is 19.4 Å². The Morgan fingerprint density at radius 3 is 2.85 bits per heavy atom. The third-order valence-corrected chi connectivity index (χ3v) is 2.73. The lowest BCUT2D eigenvalue weighted by Crippen LogP contribution is -2.25. The van der Waals surface area contributed by atoms with E-state index in [1.54, 1.807) is 16.8 Å². The predicted octanol–water partition coefficient (Wildman–Crippen LogP) is 1.73. The number of nitrogens with zero attached hydrogens (tertiary/aromatic N) is 2. The van der Waals surface area contributed by atoms with Crippen LogP contribution in [0, 0.1) is 0 Å². The number of aromatic nitrogens is 2. The van der Waals surface area contributed by atoms with E-state index in [0.29, 0.717) is 5.76 Å². The zero-order chi connectivity index (χ0) is 14.7. The molecule has 20 heavy (non-hydrogen) atoms. The highest BCUT2D eigenvalue weighted by molar-refractivity contribution is 5.84. The molecule has 0 atom stereocenters. The van der Waals surface area contributed by atoms with E-state index < -0.39 is 5.97 Å². The normalized spacial score (nSPS) is 10.8. The zero-order valence-corrected chi connectivity index (χ0v) is 11.2. The smallest absolute Gasteiger partial charge is 0.371 e. The number of nitrogens with one attached hydrogen (secondary N) is 1. The van der Waals surface area contributed by atoms with Gasteiger partial charge in [-0.25, -0.2) is 9.78 Å². The highest BCUT2D eigenvalue weighted by Gasteiger charge is 2.10. The lowest BCUT2D eigenvalue weighted by Gasteiger charge is -2.11. The summed E-state index contributed by atoms with van der Waals surface area (Å²) < 4.78 is 6.64. The molecular formula is C13H15N3O4. The standard InChI is InChI=1S/C13H15N3O4/c1-8(2)16-6-5-14-11(12(16)17)15-7-9-3-4-10(20-9)13(18)19/h3-6,8H,7H2,1-2H3,(H,14,15)(H,18,19). The SMILES string of the molecule is CC(C)n1ccnc(NCc2ccc(C(=O)O)o2)c1=O. The van der Waals surface area contributed by atoms with Gasteiger partial charge >= 0.3 is 5.97 Å². The van der Waals surface area contributed by atoms with Gasteiger partial charge in [0.05, 0.1) is 6.54 Å². The van der Waals surface area contributed by atoms with Crippen molar-refractivity contribution in [3.63, 3.8) is 0 Å². The number of carboxylic acid groups (broad SMARTS) is 1. The van der Waals surface area contributed by atoms with Crippen molar-refractivity contribution in [1.82, 2.24) is 9.55 Å². The first kappa shape index (κ1) is 13.9. The molecular weight excluding hydrogens is 262 g/mol. The fourth-order valence-electron chi connectivity index (χ4n) is 1.71. The molecule has 0 unspecified atom stereocenters. The van der Waals surface area contributed by atoms with Gasteiger partial charge in [0, 0.05) is 18.4 Å². The van der Waals surface area contributed by atoms with Crippen LogP contribution in [0.2, 0.25) is 0 Å². The summed E-state index contributed by atoms with van der Waals surface area (Å²) in [6.07, 6.45) is 3.15. The average molecular weight is 277 g/mol. The van der Waals surface area contributed by atoms with Crippen molar-refractivity contribution < 1.29 is 14.3 Å². The van der Waals surface area contributed by atoms with Crippen molar-refractivity contribution in [3.05, 3.63) is 46.4 Å². The van der Waals surface area contributed by atoms with Crippen molar-refractivity contribution in [1.29, 1.82) is 0 Å². The minimum Gasteiger partial charge on any atom is -0.475 e. The van der Waals surface area contributed by atoms with Gasteiger partial charge in [-0.2, -0.15) is 0 Å². The Morgan fingerprint density at radius 1 is 1.50 bits per heavy atom. The molecule has 2 aromatic heterocycles. The molecule has 0 aliphatic rings. The molecule has 0 bridgehead atoms. The Kier molecular flexibility index (Phi) is 3.88. The fraction of sp³-hybridized carbons (Fsp3) is 0.308. The largest absolute Gasteiger partial charge is 0.475 e. The molecule has 2 heterocycles. The van der Waals surface area contributed by atoms with E-state index in [0.717, 1.165) is 0 Å². The minimum absolute atomic E-state index is 0.0354. The second-order valence-electron chi connectivity index (χ2n) is 4.51. The van der Waals surface area contributed by atoms with E-state index in [-0.39, 0.29) is 29.7 Å². The summed E-state index contributed by atoms with van der Waals surface area (Å²) in [5.41, 5.74) is -0.229. The molecule has 0 amide bonds. The highest BCUT2D eigenvalue weighted by Crippen LogP contribution is 2.09. The van der Waals surface area contributed by atoms with Crippen molar-refractivity contribution >= 4 is 11.8 Å². The van der Waals surface area contributed by atoms with Gasteiger partial charge in [-0.1, -0.05) is 0 Å². The summed E-state index contributed by atoms with van der Waals surface area (Å²) in [4.78, 5) is 26.7. The van der Waals surface area contributed by atoms with Crippen LogP contribution >= 0.6 is 0 Å². The van der Waals surface area contributed by atoms with Gasteiger partial charge in [-0.3, -0.25) is 4.79 Å². The molecule has 0 aromatic carbocycles. The summed E-state index contributed by atoms with van der Waals surface area (Å²) in [6, 6.07) is 2.94. The Morgan fingerprint density at radius 2 is 2.25 bits per heavy atom. The zero-order valence-electron chi connectivity index (χ0n) is 11.2. The van der Waals surface area contributed by atoms with Crippen LogP contribution in [-0.4, -0.2) is 20.6 Å². The summed E-state index contributed by atoms with van der Waals surface area (Å²) in [7, 11) is 0. The number of rotatable bonds is 5. The maximum Gasteiger partial charge on any atom is 0.371 e. The van der Waals surface area contributed by atoms with Gasteiger partial charge in [-0.15, -0.1) is 0 Å². The molecule has 106 valence electrons. The van der Waals surface area contributed by atoms with Crippen LogP contribution in [0.1, 0.15) is 36.2 Å². The second kappa shape index (κ2) is 5.60. The fourth-order valence-corrected chi connectivity index (χ4v) is 1.71. The number of hydrogen-bond acceptors (Lipinski definition) is 5. The van der Waals surface area contributed by atoms with Crippen LogP contribution in [0.5, 0.6) is 0 Å². The van der Waals surface area contributed by atoms with E-state index in [2.05, 4.69) is 10.3 Å². The lowest BCUT2D eigenvalue weighted by atomic mass is 10.4. The van der Waals surface area contributed by atoms with Gasteiger partial charge in [0.1, 0.15) is 5.76 Å². The van der Waals surface area contributed by atoms with Crippen molar-refractivity contribution in [2.45, 2.75) is 26.4 Å². The molecule has 7 nitrogen and oxygen atoms in total. The Labute approximate surface area is 114 Å². The number of carboxylic acids is 1. The van der Waals surface area contributed by atoms with E-state index >= 15 is 0 Å². The van der Waals surface area contributed by atoms with Crippen LogP contribution in [0.15, 0.2) is 33.7 Å². The predicted molar refractivity (Wildman–Crippen MR) is 71.9 cm³/mol. The van der Waals surface area contributed by atoms with E-state index in [4.69, 9.17) is 9.52 Å². The van der Waals surface area contributed by atoms with E-state index in [9.17, 15) is 9.59 Å². The maximum atomic E-state index is 12.1. The third-order valence-electron chi connectivity index (χ3n) is 2.73.